The number of ether oxygens (including phenoxy) is 1. The van der Waals surface area contributed by atoms with Gasteiger partial charge in [0.15, 0.2) is 0 Å². The van der Waals surface area contributed by atoms with E-state index in [9.17, 15) is 9.90 Å². The number of aliphatic hydroxyl groups excluding tert-OH is 1. The van der Waals surface area contributed by atoms with Gasteiger partial charge in [0.25, 0.3) is 0 Å². The fourth-order valence-corrected chi connectivity index (χ4v) is 1.40. The first-order valence-corrected chi connectivity index (χ1v) is 5.05. The molecule has 1 aromatic rings. The normalized spacial score (nSPS) is 12.2. The Morgan fingerprint density at radius 3 is 2.47 bits per heavy atom. The molecule has 0 unspecified atom stereocenters. The van der Waals surface area contributed by atoms with Crippen LogP contribution in [0.25, 0.3) is 0 Å². The van der Waals surface area contributed by atoms with E-state index in [1.54, 1.807) is 24.3 Å². The van der Waals surface area contributed by atoms with Crippen LogP contribution in [0.5, 0.6) is 0 Å². The summed E-state index contributed by atoms with van der Waals surface area (Å²) in [5, 5.41) is 9.69. The van der Waals surface area contributed by atoms with Crippen molar-refractivity contribution in [3.8, 4) is 0 Å². The molecule has 1 rings (SSSR count). The zero-order valence-electron chi connectivity index (χ0n) is 9.06. The SMILES string of the molecule is CCC[C@H](O)c1ccc(C(=O)OC)cc1. The molecule has 0 aliphatic rings. The lowest BCUT2D eigenvalue weighted by Crippen LogP contribution is -2.02. The van der Waals surface area contributed by atoms with Crippen molar-refractivity contribution in [1.29, 1.82) is 0 Å². The smallest absolute Gasteiger partial charge is 0.337 e. The topological polar surface area (TPSA) is 46.5 Å². The lowest BCUT2D eigenvalue weighted by Gasteiger charge is -2.09. The van der Waals surface area contributed by atoms with E-state index in [-0.39, 0.29) is 5.97 Å². The zero-order valence-corrected chi connectivity index (χ0v) is 9.06. The van der Waals surface area contributed by atoms with Crippen LogP contribution in [0.3, 0.4) is 0 Å². The molecule has 0 heterocycles. The number of rotatable bonds is 4. The molecule has 0 fully saturated rings. The summed E-state index contributed by atoms with van der Waals surface area (Å²) in [7, 11) is 1.35. The third kappa shape index (κ3) is 3.06. The molecule has 82 valence electrons. The molecule has 0 aromatic heterocycles. The summed E-state index contributed by atoms with van der Waals surface area (Å²) >= 11 is 0. The van der Waals surface area contributed by atoms with Crippen molar-refractivity contribution in [1.82, 2.24) is 0 Å². The van der Waals surface area contributed by atoms with Crippen molar-refractivity contribution < 1.29 is 14.6 Å². The number of esters is 1. The first-order valence-electron chi connectivity index (χ1n) is 5.05. The molecule has 3 heteroatoms. The van der Waals surface area contributed by atoms with E-state index in [1.165, 1.54) is 7.11 Å². The molecular formula is C12H16O3. The number of methoxy groups -OCH3 is 1. The second-order valence-electron chi connectivity index (χ2n) is 3.42. The highest BCUT2D eigenvalue weighted by Crippen LogP contribution is 2.18. The van der Waals surface area contributed by atoms with Crippen LogP contribution in [0.2, 0.25) is 0 Å². The van der Waals surface area contributed by atoms with Gasteiger partial charge < -0.3 is 9.84 Å². The predicted octanol–water partition coefficient (Wildman–Crippen LogP) is 2.31. The van der Waals surface area contributed by atoms with Crippen LogP contribution >= 0.6 is 0 Å². The summed E-state index contributed by atoms with van der Waals surface area (Å²) in [5.41, 5.74) is 1.34. The predicted molar refractivity (Wildman–Crippen MR) is 57.6 cm³/mol. The van der Waals surface area contributed by atoms with Gasteiger partial charge in [-0.3, -0.25) is 0 Å². The number of aliphatic hydroxyl groups is 1. The highest BCUT2D eigenvalue weighted by atomic mass is 16.5. The minimum absolute atomic E-state index is 0.355. The van der Waals surface area contributed by atoms with E-state index in [0.29, 0.717) is 5.56 Å². The molecule has 0 amide bonds. The highest BCUT2D eigenvalue weighted by Gasteiger charge is 2.08. The Morgan fingerprint density at radius 2 is 2.00 bits per heavy atom. The fraction of sp³-hybridized carbons (Fsp3) is 0.417. The highest BCUT2D eigenvalue weighted by molar-refractivity contribution is 5.89. The molecule has 0 radical (unpaired) electrons. The first-order chi connectivity index (χ1) is 7.19. The van der Waals surface area contributed by atoms with Crippen LogP contribution in [0, 0.1) is 0 Å². The van der Waals surface area contributed by atoms with E-state index >= 15 is 0 Å². The van der Waals surface area contributed by atoms with Gasteiger partial charge in [0.05, 0.1) is 18.8 Å². The fourth-order valence-electron chi connectivity index (χ4n) is 1.40. The molecule has 0 bridgehead atoms. The third-order valence-corrected chi connectivity index (χ3v) is 2.28. The summed E-state index contributed by atoms with van der Waals surface area (Å²) in [6.07, 6.45) is 1.22. The number of benzene rings is 1. The van der Waals surface area contributed by atoms with E-state index in [4.69, 9.17) is 0 Å². The van der Waals surface area contributed by atoms with Gasteiger partial charge in [0.2, 0.25) is 0 Å². The molecule has 1 aromatic carbocycles. The lowest BCUT2D eigenvalue weighted by molar-refractivity contribution is 0.0600. The van der Waals surface area contributed by atoms with Gasteiger partial charge in [-0.15, -0.1) is 0 Å². The Balaban J connectivity index is 2.76. The summed E-state index contributed by atoms with van der Waals surface area (Å²) in [6.45, 7) is 2.02. The quantitative estimate of drug-likeness (QED) is 0.772. The summed E-state index contributed by atoms with van der Waals surface area (Å²) in [4.78, 5) is 11.1. The van der Waals surface area contributed by atoms with Crippen molar-refractivity contribution in [2.45, 2.75) is 25.9 Å². The van der Waals surface area contributed by atoms with Crippen molar-refractivity contribution >= 4 is 5.97 Å². The maximum absolute atomic E-state index is 11.1. The van der Waals surface area contributed by atoms with Crippen LogP contribution in [0.1, 0.15) is 41.8 Å². The Kier molecular flexibility index (Phi) is 4.31. The molecule has 0 saturated carbocycles. The number of hydrogen-bond acceptors (Lipinski definition) is 3. The molecule has 1 N–H and O–H groups in total. The van der Waals surface area contributed by atoms with Crippen LogP contribution in [-0.4, -0.2) is 18.2 Å². The zero-order chi connectivity index (χ0) is 11.3. The Labute approximate surface area is 89.7 Å². The van der Waals surface area contributed by atoms with Gasteiger partial charge in [0, 0.05) is 0 Å². The van der Waals surface area contributed by atoms with E-state index in [2.05, 4.69) is 4.74 Å². The van der Waals surface area contributed by atoms with Gasteiger partial charge in [0.1, 0.15) is 0 Å². The Hall–Kier alpha value is -1.35. The van der Waals surface area contributed by atoms with Crippen molar-refractivity contribution in [3.05, 3.63) is 35.4 Å². The Bertz CT molecular complexity index is 316. The summed E-state index contributed by atoms with van der Waals surface area (Å²) < 4.78 is 4.58. The monoisotopic (exact) mass is 208 g/mol. The largest absolute Gasteiger partial charge is 0.465 e. The molecule has 0 aliphatic carbocycles. The van der Waals surface area contributed by atoms with Crippen molar-refractivity contribution in [2.75, 3.05) is 7.11 Å². The molecule has 1 atom stereocenters. The van der Waals surface area contributed by atoms with Crippen molar-refractivity contribution in [2.24, 2.45) is 0 Å². The van der Waals surface area contributed by atoms with Gasteiger partial charge in [-0.25, -0.2) is 4.79 Å². The third-order valence-electron chi connectivity index (χ3n) is 2.28. The average Bonchev–Trinajstić information content (AvgIpc) is 2.28. The first kappa shape index (κ1) is 11.7. The second kappa shape index (κ2) is 5.51. The molecular weight excluding hydrogens is 192 g/mol. The maximum Gasteiger partial charge on any atom is 0.337 e. The standard InChI is InChI=1S/C12H16O3/c1-3-4-11(13)9-5-7-10(8-6-9)12(14)15-2/h5-8,11,13H,3-4H2,1-2H3/t11-/m0/s1. The molecule has 0 saturated heterocycles. The van der Waals surface area contributed by atoms with Gasteiger partial charge >= 0.3 is 5.97 Å². The molecule has 3 nitrogen and oxygen atoms in total. The molecule has 0 spiro atoms. The maximum atomic E-state index is 11.1. The second-order valence-corrected chi connectivity index (χ2v) is 3.42. The number of carbonyl (C=O) groups excluding carboxylic acids is 1. The van der Waals surface area contributed by atoms with Crippen LogP contribution in [0.4, 0.5) is 0 Å². The molecule has 0 aliphatic heterocycles. The van der Waals surface area contributed by atoms with E-state index < -0.39 is 6.10 Å². The van der Waals surface area contributed by atoms with Crippen LogP contribution in [-0.2, 0) is 4.74 Å². The van der Waals surface area contributed by atoms with Gasteiger partial charge in [-0.05, 0) is 24.1 Å². The number of carbonyl (C=O) groups is 1. The van der Waals surface area contributed by atoms with Crippen molar-refractivity contribution in [3.63, 3.8) is 0 Å². The summed E-state index contributed by atoms with van der Waals surface area (Å²) in [6, 6.07) is 6.85. The molecule has 15 heavy (non-hydrogen) atoms. The van der Waals surface area contributed by atoms with E-state index in [1.807, 2.05) is 6.92 Å². The van der Waals surface area contributed by atoms with Gasteiger partial charge in [-0.2, -0.15) is 0 Å². The van der Waals surface area contributed by atoms with Gasteiger partial charge in [-0.1, -0.05) is 25.5 Å². The average molecular weight is 208 g/mol. The summed E-state index contributed by atoms with van der Waals surface area (Å²) in [5.74, 6) is -0.355. The Morgan fingerprint density at radius 1 is 1.40 bits per heavy atom. The minimum atomic E-state index is -0.443. The number of hydrogen-bond donors (Lipinski definition) is 1. The minimum Gasteiger partial charge on any atom is -0.465 e. The lowest BCUT2D eigenvalue weighted by atomic mass is 10.0. The van der Waals surface area contributed by atoms with Crippen LogP contribution < -0.4 is 0 Å². The van der Waals surface area contributed by atoms with E-state index in [0.717, 1.165) is 18.4 Å². The van der Waals surface area contributed by atoms with Crippen LogP contribution in [0.15, 0.2) is 24.3 Å².